The number of amides is 2. The van der Waals surface area contributed by atoms with E-state index in [-0.39, 0.29) is 18.4 Å². The first kappa shape index (κ1) is 22.4. The van der Waals surface area contributed by atoms with Crippen LogP contribution in [0.4, 0.5) is 4.79 Å². The lowest BCUT2D eigenvalue weighted by atomic mass is 9.98. The Morgan fingerprint density at radius 1 is 0.971 bits per heavy atom. The number of nitrogens with one attached hydrogen (secondary N) is 1. The smallest absolute Gasteiger partial charge is 0.407 e. The maximum atomic E-state index is 13.3. The molecule has 34 heavy (non-hydrogen) atoms. The van der Waals surface area contributed by atoms with E-state index in [0.717, 1.165) is 47.9 Å². The van der Waals surface area contributed by atoms with Crippen molar-refractivity contribution in [2.45, 2.75) is 56.5 Å². The zero-order chi connectivity index (χ0) is 23.7. The van der Waals surface area contributed by atoms with E-state index in [4.69, 9.17) is 4.74 Å². The summed E-state index contributed by atoms with van der Waals surface area (Å²) in [6, 6.07) is 14.7. The number of benzene rings is 2. The Kier molecular flexibility index (Phi) is 6.26. The lowest BCUT2D eigenvalue weighted by molar-refractivity contribution is -0.153. The number of hydrogen-bond acceptors (Lipinski definition) is 4. The van der Waals surface area contributed by atoms with Crippen LogP contribution < -0.4 is 5.32 Å². The van der Waals surface area contributed by atoms with Gasteiger partial charge in [-0.05, 0) is 53.9 Å². The molecule has 2 aliphatic carbocycles. The SMILES string of the molecule is O=C(N[C@@H](CC1CC1)C(=O)N1CCCC[C@@H]1C(=O)O)OCC1c2ccccc2-c2ccccc21. The number of carbonyl (C=O) groups is 3. The van der Waals surface area contributed by atoms with Crippen LogP contribution in [0.2, 0.25) is 0 Å². The number of fused-ring (bicyclic) bond motifs is 3. The highest BCUT2D eigenvalue weighted by Crippen LogP contribution is 2.44. The van der Waals surface area contributed by atoms with Crippen LogP contribution in [-0.4, -0.2) is 53.2 Å². The molecular formula is C27H30N2O5. The van der Waals surface area contributed by atoms with E-state index < -0.39 is 24.1 Å². The molecule has 0 radical (unpaired) electrons. The van der Waals surface area contributed by atoms with Crippen molar-refractivity contribution in [3.63, 3.8) is 0 Å². The fourth-order valence-electron chi connectivity index (χ4n) is 5.34. The molecule has 2 aromatic rings. The van der Waals surface area contributed by atoms with E-state index in [1.807, 2.05) is 24.3 Å². The maximum absolute atomic E-state index is 13.3. The number of nitrogens with zero attached hydrogens (tertiary/aromatic N) is 1. The summed E-state index contributed by atoms with van der Waals surface area (Å²) in [6.07, 6.45) is 3.94. The average molecular weight is 463 g/mol. The number of likely N-dealkylation sites (tertiary alicyclic amines) is 1. The number of carbonyl (C=O) groups excluding carboxylic acids is 2. The topological polar surface area (TPSA) is 95.9 Å². The summed E-state index contributed by atoms with van der Waals surface area (Å²) in [6.45, 7) is 0.578. The lowest BCUT2D eigenvalue weighted by Gasteiger charge is -2.35. The molecule has 1 aliphatic heterocycles. The minimum Gasteiger partial charge on any atom is -0.480 e. The molecule has 7 nitrogen and oxygen atoms in total. The second-order valence-electron chi connectivity index (χ2n) is 9.58. The van der Waals surface area contributed by atoms with Crippen LogP contribution in [-0.2, 0) is 14.3 Å². The molecule has 1 heterocycles. The van der Waals surface area contributed by atoms with Gasteiger partial charge < -0.3 is 20.1 Å². The van der Waals surface area contributed by atoms with Gasteiger partial charge >= 0.3 is 12.1 Å². The molecule has 1 saturated carbocycles. The van der Waals surface area contributed by atoms with Gasteiger partial charge in [0.2, 0.25) is 5.91 Å². The first-order chi connectivity index (χ1) is 16.5. The first-order valence-corrected chi connectivity index (χ1v) is 12.2. The molecule has 7 heteroatoms. The van der Waals surface area contributed by atoms with Gasteiger partial charge in [0.15, 0.2) is 0 Å². The molecule has 2 fully saturated rings. The predicted octanol–water partition coefficient (Wildman–Crippen LogP) is 4.16. The van der Waals surface area contributed by atoms with Crippen molar-refractivity contribution in [2.24, 2.45) is 5.92 Å². The Morgan fingerprint density at radius 3 is 2.24 bits per heavy atom. The minimum absolute atomic E-state index is 0.0609. The molecule has 0 unspecified atom stereocenters. The second-order valence-corrected chi connectivity index (χ2v) is 9.58. The average Bonchev–Trinajstić information content (AvgIpc) is 3.62. The number of hydrogen-bond donors (Lipinski definition) is 2. The monoisotopic (exact) mass is 462 g/mol. The van der Waals surface area contributed by atoms with Crippen LogP contribution in [0.3, 0.4) is 0 Å². The van der Waals surface area contributed by atoms with Gasteiger partial charge in [0.25, 0.3) is 0 Å². The molecule has 2 atom stereocenters. The van der Waals surface area contributed by atoms with E-state index in [0.29, 0.717) is 25.3 Å². The molecular weight excluding hydrogens is 432 g/mol. The molecule has 1 saturated heterocycles. The maximum Gasteiger partial charge on any atom is 0.407 e. The molecule has 2 N–H and O–H groups in total. The fraction of sp³-hybridized carbons (Fsp3) is 0.444. The highest BCUT2D eigenvalue weighted by Gasteiger charge is 2.39. The van der Waals surface area contributed by atoms with Crippen LogP contribution in [0, 0.1) is 5.92 Å². The molecule has 0 bridgehead atoms. The number of carboxylic acid groups (broad SMARTS) is 1. The largest absolute Gasteiger partial charge is 0.480 e. The van der Waals surface area contributed by atoms with Gasteiger partial charge in [-0.25, -0.2) is 9.59 Å². The van der Waals surface area contributed by atoms with Crippen molar-refractivity contribution in [3.8, 4) is 11.1 Å². The first-order valence-electron chi connectivity index (χ1n) is 12.2. The summed E-state index contributed by atoms with van der Waals surface area (Å²) in [5, 5.41) is 12.3. The van der Waals surface area contributed by atoms with E-state index in [9.17, 15) is 19.5 Å². The second kappa shape index (κ2) is 9.49. The van der Waals surface area contributed by atoms with Gasteiger partial charge in [-0.2, -0.15) is 0 Å². The highest BCUT2D eigenvalue weighted by atomic mass is 16.5. The normalized spacial score (nSPS) is 20.2. The third-order valence-corrected chi connectivity index (χ3v) is 7.27. The third-order valence-electron chi connectivity index (χ3n) is 7.27. The predicted molar refractivity (Wildman–Crippen MR) is 126 cm³/mol. The van der Waals surface area contributed by atoms with Crippen molar-refractivity contribution in [3.05, 3.63) is 59.7 Å². The standard InChI is InChI=1S/C27H30N2O5/c30-25(29-14-6-5-11-24(29)26(31)32)23(15-17-12-13-17)28-27(33)34-16-22-20-9-3-1-7-18(20)19-8-2-4-10-21(19)22/h1-4,7-10,17,22-24H,5-6,11-16H2,(H,28,33)(H,31,32)/t23-,24+/m0/s1. The summed E-state index contributed by atoms with van der Waals surface area (Å²) in [5.41, 5.74) is 4.55. The van der Waals surface area contributed by atoms with Gasteiger partial charge in [-0.1, -0.05) is 61.4 Å². The van der Waals surface area contributed by atoms with Gasteiger partial charge in [-0.15, -0.1) is 0 Å². The Labute approximate surface area is 199 Å². The number of carboxylic acids is 1. The summed E-state index contributed by atoms with van der Waals surface area (Å²) in [5.74, 6) is -0.975. The summed E-state index contributed by atoms with van der Waals surface area (Å²) >= 11 is 0. The van der Waals surface area contributed by atoms with E-state index >= 15 is 0 Å². The Balaban J connectivity index is 1.27. The van der Waals surface area contributed by atoms with Crippen LogP contribution in [0.15, 0.2) is 48.5 Å². The van der Waals surface area contributed by atoms with Gasteiger partial charge in [0, 0.05) is 12.5 Å². The zero-order valence-electron chi connectivity index (χ0n) is 19.1. The summed E-state index contributed by atoms with van der Waals surface area (Å²) in [7, 11) is 0. The Bertz CT molecular complexity index is 1050. The molecule has 0 spiro atoms. The van der Waals surface area contributed by atoms with E-state index in [1.54, 1.807) is 0 Å². The number of rotatable bonds is 7. The highest BCUT2D eigenvalue weighted by molar-refractivity contribution is 5.89. The van der Waals surface area contributed by atoms with Gasteiger partial charge in [0.1, 0.15) is 18.7 Å². The lowest BCUT2D eigenvalue weighted by Crippen LogP contribution is -2.55. The van der Waals surface area contributed by atoms with Crippen LogP contribution in [0.5, 0.6) is 0 Å². The summed E-state index contributed by atoms with van der Waals surface area (Å²) in [4.78, 5) is 39.2. The van der Waals surface area contributed by atoms with E-state index in [2.05, 4.69) is 29.6 Å². The molecule has 178 valence electrons. The zero-order valence-corrected chi connectivity index (χ0v) is 19.1. The Morgan fingerprint density at radius 2 is 1.62 bits per heavy atom. The van der Waals surface area contributed by atoms with Crippen molar-refractivity contribution < 1.29 is 24.2 Å². The van der Waals surface area contributed by atoms with Crippen LogP contribution in [0.1, 0.15) is 55.6 Å². The Hall–Kier alpha value is -3.35. The number of alkyl carbamates (subject to hydrolysis) is 1. The van der Waals surface area contributed by atoms with Crippen molar-refractivity contribution in [1.82, 2.24) is 10.2 Å². The fourth-order valence-corrected chi connectivity index (χ4v) is 5.34. The molecule has 3 aliphatic rings. The number of piperidine rings is 1. The van der Waals surface area contributed by atoms with Crippen LogP contribution >= 0.6 is 0 Å². The number of aliphatic carboxylic acids is 1. The molecule has 2 amide bonds. The van der Waals surface area contributed by atoms with Gasteiger partial charge in [0.05, 0.1) is 0 Å². The minimum atomic E-state index is -0.987. The van der Waals surface area contributed by atoms with Crippen molar-refractivity contribution in [2.75, 3.05) is 13.2 Å². The molecule has 0 aromatic heterocycles. The summed E-state index contributed by atoms with van der Waals surface area (Å²) < 4.78 is 5.65. The van der Waals surface area contributed by atoms with Gasteiger partial charge in [-0.3, -0.25) is 4.79 Å². The van der Waals surface area contributed by atoms with Crippen LogP contribution in [0.25, 0.3) is 11.1 Å². The quantitative estimate of drug-likeness (QED) is 0.644. The van der Waals surface area contributed by atoms with E-state index in [1.165, 1.54) is 4.90 Å². The molecule has 5 rings (SSSR count). The van der Waals surface area contributed by atoms with Crippen molar-refractivity contribution >= 4 is 18.0 Å². The number of ether oxygens (including phenoxy) is 1. The molecule has 2 aromatic carbocycles. The van der Waals surface area contributed by atoms with Crippen molar-refractivity contribution in [1.29, 1.82) is 0 Å². The third kappa shape index (κ3) is 4.52.